The Morgan fingerprint density at radius 1 is 0.783 bits per heavy atom. The molecule has 2 aromatic heterocycles. The lowest BCUT2D eigenvalue weighted by atomic mass is 10.1. The van der Waals surface area contributed by atoms with Crippen LogP contribution in [0, 0.1) is 6.92 Å². The zero-order valence-electron chi connectivity index (χ0n) is 12.6. The molecule has 0 atom stereocenters. The van der Waals surface area contributed by atoms with Crippen LogP contribution >= 0.6 is 0 Å². The zero-order chi connectivity index (χ0) is 15.8. The van der Waals surface area contributed by atoms with Crippen LogP contribution in [0.1, 0.15) is 5.56 Å². The van der Waals surface area contributed by atoms with Gasteiger partial charge in [0.15, 0.2) is 0 Å². The lowest BCUT2D eigenvalue weighted by Crippen LogP contribution is -1.97. The van der Waals surface area contributed by atoms with E-state index in [9.17, 15) is 4.79 Å². The van der Waals surface area contributed by atoms with Crippen LogP contribution in [0.25, 0.3) is 33.6 Å². The highest BCUT2D eigenvalue weighted by Gasteiger charge is 2.12. The van der Waals surface area contributed by atoms with E-state index < -0.39 is 0 Å². The zero-order valence-corrected chi connectivity index (χ0v) is 12.6. The summed E-state index contributed by atoms with van der Waals surface area (Å²) < 4.78 is 11.2. The number of fused-ring (bicyclic) bond motifs is 1. The number of rotatable bonds is 2. The molecule has 0 radical (unpaired) electrons. The lowest BCUT2D eigenvalue weighted by Gasteiger charge is -2.02. The number of benzene rings is 2. The van der Waals surface area contributed by atoms with Gasteiger partial charge in [-0.3, -0.25) is 0 Å². The Hall–Kier alpha value is -3.07. The highest BCUT2D eigenvalue weighted by atomic mass is 16.4. The van der Waals surface area contributed by atoms with Crippen LogP contribution in [0.15, 0.2) is 80.4 Å². The molecule has 2 heterocycles. The van der Waals surface area contributed by atoms with Gasteiger partial charge in [0.05, 0.1) is 0 Å². The average molecular weight is 302 g/mol. The summed E-state index contributed by atoms with van der Waals surface area (Å²) in [5.41, 5.74) is 3.13. The van der Waals surface area contributed by atoms with E-state index in [1.54, 1.807) is 6.07 Å². The molecule has 0 amide bonds. The Bertz CT molecular complexity index is 1040. The molecule has 0 saturated carbocycles. The van der Waals surface area contributed by atoms with Crippen LogP contribution in [0.2, 0.25) is 0 Å². The Morgan fingerprint density at radius 2 is 1.52 bits per heavy atom. The maximum atomic E-state index is 11.8. The van der Waals surface area contributed by atoms with Crippen molar-refractivity contribution in [2.45, 2.75) is 6.92 Å². The fourth-order valence-corrected chi connectivity index (χ4v) is 2.67. The standard InChI is InChI=1S/C20H14O3/c1-13-6-8-14(9-7-13)17-10-11-19(22-17)16-12-20(21)23-18-5-3-2-4-15(16)18/h2-12H,1H3. The minimum absolute atomic E-state index is 0.382. The molecule has 0 spiro atoms. The van der Waals surface area contributed by atoms with Gasteiger partial charge in [-0.15, -0.1) is 0 Å². The van der Waals surface area contributed by atoms with E-state index in [-0.39, 0.29) is 5.63 Å². The Balaban J connectivity index is 1.86. The maximum Gasteiger partial charge on any atom is 0.336 e. The summed E-state index contributed by atoms with van der Waals surface area (Å²) in [6, 6.07) is 20.9. The van der Waals surface area contributed by atoms with Gasteiger partial charge in [0.2, 0.25) is 0 Å². The van der Waals surface area contributed by atoms with Gasteiger partial charge in [0, 0.05) is 22.6 Å². The second-order valence-electron chi connectivity index (χ2n) is 5.51. The van der Waals surface area contributed by atoms with Crippen LogP contribution in [0.4, 0.5) is 0 Å². The number of furan rings is 1. The van der Waals surface area contributed by atoms with Crippen molar-refractivity contribution in [3.63, 3.8) is 0 Å². The van der Waals surface area contributed by atoms with E-state index >= 15 is 0 Å². The predicted molar refractivity (Wildman–Crippen MR) is 90.4 cm³/mol. The smallest absolute Gasteiger partial charge is 0.336 e. The third-order valence-electron chi connectivity index (χ3n) is 3.86. The number of aryl methyl sites for hydroxylation is 1. The van der Waals surface area contributed by atoms with Crippen molar-refractivity contribution >= 4 is 11.0 Å². The summed E-state index contributed by atoms with van der Waals surface area (Å²) in [6.07, 6.45) is 0. The molecule has 4 aromatic rings. The minimum Gasteiger partial charge on any atom is -0.456 e. The van der Waals surface area contributed by atoms with Crippen molar-refractivity contribution in [1.82, 2.24) is 0 Å². The first-order chi connectivity index (χ1) is 11.2. The summed E-state index contributed by atoms with van der Waals surface area (Å²) in [6.45, 7) is 2.05. The second kappa shape index (κ2) is 5.29. The maximum absolute atomic E-state index is 11.8. The first kappa shape index (κ1) is 13.6. The van der Waals surface area contributed by atoms with Crippen molar-refractivity contribution in [3.05, 3.63) is 82.7 Å². The third kappa shape index (κ3) is 2.46. The molecule has 112 valence electrons. The molecule has 0 unspecified atom stereocenters. The minimum atomic E-state index is -0.382. The predicted octanol–water partition coefficient (Wildman–Crippen LogP) is 5.03. The quantitative estimate of drug-likeness (QED) is 0.488. The molecule has 0 aliphatic carbocycles. The van der Waals surface area contributed by atoms with E-state index in [1.165, 1.54) is 11.6 Å². The van der Waals surface area contributed by atoms with Crippen molar-refractivity contribution in [2.75, 3.05) is 0 Å². The highest BCUT2D eigenvalue weighted by Crippen LogP contribution is 2.32. The van der Waals surface area contributed by atoms with Gasteiger partial charge in [-0.25, -0.2) is 4.79 Å². The fraction of sp³-hybridized carbons (Fsp3) is 0.0500. The third-order valence-corrected chi connectivity index (χ3v) is 3.86. The molecule has 3 nitrogen and oxygen atoms in total. The van der Waals surface area contributed by atoms with Crippen molar-refractivity contribution in [3.8, 4) is 22.6 Å². The summed E-state index contributed by atoms with van der Waals surface area (Å²) >= 11 is 0. The van der Waals surface area contributed by atoms with Crippen molar-refractivity contribution in [1.29, 1.82) is 0 Å². The highest BCUT2D eigenvalue weighted by molar-refractivity contribution is 5.91. The Kier molecular flexibility index (Phi) is 3.12. The summed E-state index contributed by atoms with van der Waals surface area (Å²) in [5.74, 6) is 1.43. The van der Waals surface area contributed by atoms with E-state index in [0.29, 0.717) is 11.3 Å². The van der Waals surface area contributed by atoms with E-state index in [4.69, 9.17) is 8.83 Å². The largest absolute Gasteiger partial charge is 0.456 e. The van der Waals surface area contributed by atoms with Crippen LogP contribution in [-0.4, -0.2) is 0 Å². The van der Waals surface area contributed by atoms with Gasteiger partial charge >= 0.3 is 5.63 Å². The molecule has 4 rings (SSSR count). The normalized spacial score (nSPS) is 11.0. The van der Waals surface area contributed by atoms with Gasteiger partial charge in [-0.05, 0) is 25.1 Å². The monoisotopic (exact) mass is 302 g/mol. The first-order valence-electron chi connectivity index (χ1n) is 7.41. The first-order valence-corrected chi connectivity index (χ1v) is 7.41. The van der Waals surface area contributed by atoms with Crippen molar-refractivity contribution in [2.24, 2.45) is 0 Å². The van der Waals surface area contributed by atoms with Crippen LogP contribution in [0.5, 0.6) is 0 Å². The Labute approximate surface area is 132 Å². The molecule has 0 aliphatic rings. The molecular formula is C20H14O3. The molecule has 2 aromatic carbocycles. The van der Waals surface area contributed by atoms with Gasteiger partial charge < -0.3 is 8.83 Å². The molecule has 0 bridgehead atoms. The number of para-hydroxylation sites is 1. The fourth-order valence-electron chi connectivity index (χ4n) is 2.67. The summed E-state index contributed by atoms with van der Waals surface area (Å²) in [4.78, 5) is 11.8. The lowest BCUT2D eigenvalue weighted by molar-refractivity contribution is 0.558. The number of hydrogen-bond acceptors (Lipinski definition) is 3. The van der Waals surface area contributed by atoms with Crippen LogP contribution in [-0.2, 0) is 0 Å². The molecule has 3 heteroatoms. The number of hydrogen-bond donors (Lipinski definition) is 0. The second-order valence-corrected chi connectivity index (χ2v) is 5.51. The summed E-state index contributed by atoms with van der Waals surface area (Å²) in [7, 11) is 0. The molecule has 0 N–H and O–H groups in total. The van der Waals surface area contributed by atoms with Crippen LogP contribution < -0.4 is 5.63 Å². The molecule has 0 saturated heterocycles. The van der Waals surface area contributed by atoms with Crippen molar-refractivity contribution < 1.29 is 8.83 Å². The topological polar surface area (TPSA) is 43.4 Å². The van der Waals surface area contributed by atoms with Gasteiger partial charge in [0.25, 0.3) is 0 Å². The molecular weight excluding hydrogens is 288 g/mol. The van der Waals surface area contributed by atoms with E-state index in [2.05, 4.69) is 0 Å². The van der Waals surface area contributed by atoms with Crippen LogP contribution in [0.3, 0.4) is 0 Å². The van der Waals surface area contributed by atoms with E-state index in [1.807, 2.05) is 61.5 Å². The molecule has 0 aliphatic heterocycles. The SMILES string of the molecule is Cc1ccc(-c2ccc(-c3cc(=O)oc4ccccc34)o2)cc1. The average Bonchev–Trinajstić information content (AvgIpc) is 3.04. The van der Waals surface area contributed by atoms with Gasteiger partial charge in [-0.2, -0.15) is 0 Å². The molecule has 0 fully saturated rings. The molecule has 23 heavy (non-hydrogen) atoms. The van der Waals surface area contributed by atoms with Gasteiger partial charge in [0.1, 0.15) is 17.1 Å². The van der Waals surface area contributed by atoms with E-state index in [0.717, 1.165) is 22.3 Å². The van der Waals surface area contributed by atoms with Gasteiger partial charge in [-0.1, -0.05) is 48.0 Å². The Morgan fingerprint density at radius 3 is 2.35 bits per heavy atom. The summed E-state index contributed by atoms with van der Waals surface area (Å²) in [5, 5.41) is 0.858.